The van der Waals surface area contributed by atoms with E-state index in [1.54, 1.807) is 29.2 Å². The van der Waals surface area contributed by atoms with Gasteiger partial charge < -0.3 is 10.2 Å². The van der Waals surface area contributed by atoms with Gasteiger partial charge in [0.15, 0.2) is 0 Å². The fraction of sp³-hybridized carbons (Fsp3) is 0.190. The highest BCUT2D eigenvalue weighted by Gasteiger charge is 2.16. The van der Waals surface area contributed by atoms with Crippen LogP contribution in [0, 0.1) is 5.82 Å². The van der Waals surface area contributed by atoms with Crippen LogP contribution in [0.5, 0.6) is 0 Å². The molecule has 0 radical (unpaired) electrons. The van der Waals surface area contributed by atoms with Crippen molar-refractivity contribution >= 4 is 11.7 Å². The van der Waals surface area contributed by atoms with Crippen molar-refractivity contribution in [1.82, 2.24) is 14.9 Å². The lowest BCUT2D eigenvalue weighted by atomic mass is 10.2. The molecule has 0 atom stereocenters. The van der Waals surface area contributed by atoms with Gasteiger partial charge in [0, 0.05) is 31.3 Å². The maximum atomic E-state index is 13.7. The Hall–Kier alpha value is -3.28. The van der Waals surface area contributed by atoms with Crippen molar-refractivity contribution in [3.63, 3.8) is 0 Å². The first-order valence-corrected chi connectivity index (χ1v) is 8.80. The number of carbonyl (C=O) groups is 1. The van der Waals surface area contributed by atoms with Gasteiger partial charge >= 0.3 is 0 Å². The number of aromatic nitrogens is 2. The van der Waals surface area contributed by atoms with Crippen LogP contribution in [0.1, 0.15) is 28.5 Å². The van der Waals surface area contributed by atoms with Gasteiger partial charge in [-0.15, -0.1) is 0 Å². The van der Waals surface area contributed by atoms with Crippen molar-refractivity contribution < 1.29 is 9.18 Å². The highest BCUT2D eigenvalue weighted by Crippen LogP contribution is 2.13. The van der Waals surface area contributed by atoms with E-state index in [2.05, 4.69) is 15.3 Å². The minimum absolute atomic E-state index is 0.169. The van der Waals surface area contributed by atoms with Crippen molar-refractivity contribution in [3.8, 4) is 0 Å². The van der Waals surface area contributed by atoms with Crippen LogP contribution < -0.4 is 5.32 Å². The molecule has 5 nitrogen and oxygen atoms in total. The second-order valence-corrected chi connectivity index (χ2v) is 6.04. The summed E-state index contributed by atoms with van der Waals surface area (Å²) in [5.41, 5.74) is 1.89. The van der Waals surface area contributed by atoms with Gasteiger partial charge in [-0.05, 0) is 18.6 Å². The fourth-order valence-electron chi connectivity index (χ4n) is 2.69. The molecular weight excluding hydrogens is 343 g/mol. The molecule has 0 aliphatic rings. The van der Waals surface area contributed by atoms with Crippen LogP contribution in [0.15, 0.2) is 67.0 Å². The standard InChI is InChI=1S/C21H21FN4O/c1-2-26(14-16-8-4-3-5-9-16)21(27)19-12-20(25-15-24-19)23-13-17-10-6-7-11-18(17)22/h3-12,15H,2,13-14H2,1H3,(H,23,24,25). The van der Waals surface area contributed by atoms with Gasteiger partial charge in [0.1, 0.15) is 23.7 Å². The number of hydrogen-bond acceptors (Lipinski definition) is 4. The average Bonchev–Trinajstić information content (AvgIpc) is 2.72. The average molecular weight is 364 g/mol. The smallest absolute Gasteiger partial charge is 0.272 e. The first-order chi connectivity index (χ1) is 13.2. The van der Waals surface area contributed by atoms with E-state index < -0.39 is 0 Å². The van der Waals surface area contributed by atoms with Gasteiger partial charge in [0.25, 0.3) is 5.91 Å². The van der Waals surface area contributed by atoms with E-state index in [4.69, 9.17) is 0 Å². The molecular formula is C21H21FN4O. The summed E-state index contributed by atoms with van der Waals surface area (Å²) in [5.74, 6) is 0.0282. The molecule has 0 fully saturated rings. The summed E-state index contributed by atoms with van der Waals surface area (Å²) in [6, 6.07) is 17.9. The molecule has 138 valence electrons. The van der Waals surface area contributed by atoms with Gasteiger partial charge in [-0.25, -0.2) is 14.4 Å². The zero-order valence-corrected chi connectivity index (χ0v) is 15.1. The molecule has 0 spiro atoms. The third-order valence-electron chi connectivity index (χ3n) is 4.19. The van der Waals surface area contributed by atoms with Crippen molar-refractivity contribution in [3.05, 3.63) is 89.6 Å². The SMILES string of the molecule is CCN(Cc1ccccc1)C(=O)c1cc(NCc2ccccc2F)ncn1. The topological polar surface area (TPSA) is 58.1 Å². The number of nitrogens with one attached hydrogen (secondary N) is 1. The van der Waals surface area contributed by atoms with E-state index in [0.29, 0.717) is 30.2 Å². The minimum atomic E-state index is -0.282. The van der Waals surface area contributed by atoms with Gasteiger partial charge in [-0.2, -0.15) is 0 Å². The molecule has 1 N–H and O–H groups in total. The highest BCUT2D eigenvalue weighted by atomic mass is 19.1. The lowest BCUT2D eigenvalue weighted by Gasteiger charge is -2.20. The Morgan fingerprint density at radius 2 is 1.81 bits per heavy atom. The normalized spacial score (nSPS) is 10.4. The van der Waals surface area contributed by atoms with Crippen LogP contribution >= 0.6 is 0 Å². The van der Waals surface area contributed by atoms with Crippen LogP contribution in [0.4, 0.5) is 10.2 Å². The number of carbonyl (C=O) groups excluding carboxylic acids is 1. The van der Waals surface area contributed by atoms with Crippen molar-refractivity contribution in [1.29, 1.82) is 0 Å². The van der Waals surface area contributed by atoms with E-state index in [1.165, 1.54) is 12.4 Å². The van der Waals surface area contributed by atoms with Crippen LogP contribution in [0.3, 0.4) is 0 Å². The van der Waals surface area contributed by atoms with E-state index in [-0.39, 0.29) is 18.3 Å². The Labute approximate surface area is 157 Å². The van der Waals surface area contributed by atoms with Crippen LogP contribution in [0.25, 0.3) is 0 Å². The summed E-state index contributed by atoms with van der Waals surface area (Å²) in [4.78, 5) is 22.8. The van der Waals surface area contributed by atoms with Gasteiger partial charge in [-0.3, -0.25) is 4.79 Å². The summed E-state index contributed by atoms with van der Waals surface area (Å²) in [5, 5.41) is 3.04. The first kappa shape index (κ1) is 18.5. The molecule has 2 aromatic carbocycles. The molecule has 1 heterocycles. The zero-order valence-electron chi connectivity index (χ0n) is 15.1. The summed E-state index contributed by atoms with van der Waals surface area (Å²) >= 11 is 0. The molecule has 6 heteroatoms. The van der Waals surface area contributed by atoms with E-state index in [0.717, 1.165) is 5.56 Å². The number of rotatable bonds is 7. The van der Waals surface area contributed by atoms with E-state index in [1.807, 2.05) is 37.3 Å². The van der Waals surface area contributed by atoms with Crippen molar-refractivity contribution in [2.75, 3.05) is 11.9 Å². The Morgan fingerprint density at radius 1 is 1.07 bits per heavy atom. The predicted octanol–water partition coefficient (Wildman–Crippen LogP) is 3.89. The maximum absolute atomic E-state index is 13.7. The largest absolute Gasteiger partial charge is 0.366 e. The third-order valence-corrected chi connectivity index (χ3v) is 4.19. The third kappa shape index (κ3) is 4.88. The predicted molar refractivity (Wildman–Crippen MR) is 103 cm³/mol. The number of benzene rings is 2. The van der Waals surface area contributed by atoms with Crippen molar-refractivity contribution in [2.24, 2.45) is 0 Å². The lowest BCUT2D eigenvalue weighted by Crippen LogP contribution is -2.31. The second kappa shape index (κ2) is 8.89. The molecule has 0 saturated heterocycles. The van der Waals surface area contributed by atoms with E-state index in [9.17, 15) is 9.18 Å². The van der Waals surface area contributed by atoms with Crippen molar-refractivity contribution in [2.45, 2.75) is 20.0 Å². The first-order valence-electron chi connectivity index (χ1n) is 8.80. The van der Waals surface area contributed by atoms with Crippen LogP contribution in [-0.4, -0.2) is 27.3 Å². The Balaban J connectivity index is 1.70. The van der Waals surface area contributed by atoms with Gasteiger partial charge in [-0.1, -0.05) is 48.5 Å². The lowest BCUT2D eigenvalue weighted by molar-refractivity contribution is 0.0746. The van der Waals surface area contributed by atoms with Crippen LogP contribution in [0.2, 0.25) is 0 Å². The highest BCUT2D eigenvalue weighted by molar-refractivity contribution is 5.92. The quantitative estimate of drug-likeness (QED) is 0.691. The Morgan fingerprint density at radius 3 is 2.56 bits per heavy atom. The zero-order chi connectivity index (χ0) is 19.1. The van der Waals surface area contributed by atoms with Gasteiger partial charge in [0.05, 0.1) is 0 Å². The number of hydrogen-bond donors (Lipinski definition) is 1. The van der Waals surface area contributed by atoms with Crippen LogP contribution in [-0.2, 0) is 13.1 Å². The van der Waals surface area contributed by atoms with Gasteiger partial charge in [0.2, 0.25) is 0 Å². The fourth-order valence-corrected chi connectivity index (χ4v) is 2.69. The summed E-state index contributed by atoms with van der Waals surface area (Å²) < 4.78 is 13.7. The molecule has 1 aromatic heterocycles. The second-order valence-electron chi connectivity index (χ2n) is 6.04. The molecule has 0 aliphatic heterocycles. The van der Waals surface area contributed by atoms with E-state index >= 15 is 0 Å². The Bertz CT molecular complexity index is 901. The molecule has 0 aliphatic carbocycles. The number of nitrogens with zero attached hydrogens (tertiary/aromatic N) is 3. The number of amides is 1. The molecule has 0 saturated carbocycles. The molecule has 3 rings (SSSR count). The molecule has 27 heavy (non-hydrogen) atoms. The summed E-state index contributed by atoms with van der Waals surface area (Å²) in [6.45, 7) is 3.28. The minimum Gasteiger partial charge on any atom is -0.366 e. The summed E-state index contributed by atoms with van der Waals surface area (Å²) in [7, 11) is 0. The monoisotopic (exact) mass is 364 g/mol. The maximum Gasteiger partial charge on any atom is 0.272 e. The molecule has 3 aromatic rings. The number of anilines is 1. The molecule has 0 bridgehead atoms. The Kier molecular flexibility index (Phi) is 6.10. The summed E-state index contributed by atoms with van der Waals surface area (Å²) in [6.07, 6.45) is 1.34. The molecule has 1 amide bonds. The number of halogens is 1. The molecule has 0 unspecified atom stereocenters.